The van der Waals surface area contributed by atoms with E-state index in [4.69, 9.17) is 13.2 Å². The molecule has 0 aromatic carbocycles. The first kappa shape index (κ1) is 58.5. The molecule has 0 aliphatic carbocycles. The molecule has 0 aliphatic heterocycles. The highest BCUT2D eigenvalue weighted by Crippen LogP contribution is 2.28. The molecule has 20 heteroatoms. The number of aromatic nitrogens is 20. The zero-order valence-electron chi connectivity index (χ0n) is 65.5. The van der Waals surface area contributed by atoms with Gasteiger partial charge in [0.2, 0.25) is 45.9 Å². The Kier molecular flexibility index (Phi) is 15.6. The summed E-state index contributed by atoms with van der Waals surface area (Å²) in [4.78, 5) is 17.9. The summed E-state index contributed by atoms with van der Waals surface area (Å²) >= 11 is 0. The van der Waals surface area contributed by atoms with Gasteiger partial charge in [-0.3, -0.25) is 17.6 Å². The van der Waals surface area contributed by atoms with Crippen molar-refractivity contribution in [2.45, 2.75) is 48.3 Å². The summed E-state index contributed by atoms with van der Waals surface area (Å²) in [6, 6.07) is 43.2. The third kappa shape index (κ3) is 11.9. The van der Waals surface area contributed by atoms with Crippen LogP contribution in [0, 0.1) is 48.3 Å². The molecule has 498 valence electrons. The fourth-order valence-corrected chi connectivity index (χ4v) is 13.5. The van der Waals surface area contributed by atoms with Crippen molar-refractivity contribution in [3.8, 4) is 91.1 Å². The number of aryl methyl sites for hydroxylation is 15. The molecule has 16 aromatic heterocycles. The molecule has 0 aliphatic rings. The van der Waals surface area contributed by atoms with Gasteiger partial charge in [-0.25, -0.2) is 19.9 Å². The van der Waals surface area contributed by atoms with E-state index >= 15 is 0 Å². The minimum absolute atomic E-state index is 0.152. The number of hydrogen-bond donors (Lipinski definition) is 0. The van der Waals surface area contributed by atoms with Crippen molar-refractivity contribution in [3.05, 3.63) is 241 Å². The topological polar surface area (TPSA) is 120 Å². The SMILES string of the molecule is Cc1cc(-c2cn3c(C)c(C)nc3n2C)[n+](C)c(-c2cccc[n+]2C)c1.Cc1ccc(-c2cccc(-c3cn4ccnc4n3C)[n+]2C)[n+](C)c1.[2H]C([2H])([2H])c1cc[n+](C)c(-c2cccc(-c3cn4ccnc4n3C)[n+]2C)c1.[2H]C([2H])([2H])c1nc2n(C)c(-c3cccc(-c4cccc[n+]4C)[n+]3C)cn2c1C. The van der Waals surface area contributed by atoms with E-state index in [1.807, 2.05) is 143 Å². The second-order valence-electron chi connectivity index (χ2n) is 25.7. The molecule has 16 rings (SSSR count). The molecule has 0 saturated carbocycles. The van der Waals surface area contributed by atoms with Crippen LogP contribution in [-0.4, -0.2) is 55.8 Å². The third-order valence-corrected chi connectivity index (χ3v) is 19.3. The van der Waals surface area contributed by atoms with Gasteiger partial charge in [0, 0.05) is 194 Å². The molecule has 16 aromatic rings. The molecule has 0 bridgehead atoms. The van der Waals surface area contributed by atoms with Gasteiger partial charge in [0.1, 0.15) is 79.2 Å². The Morgan fingerprint density at radius 3 is 1.22 bits per heavy atom. The van der Waals surface area contributed by atoms with Crippen LogP contribution in [0.15, 0.2) is 202 Å². The summed E-state index contributed by atoms with van der Waals surface area (Å²) in [6.45, 7) is 5.88. The summed E-state index contributed by atoms with van der Waals surface area (Å²) in [7, 11) is 24.4. The molecule has 0 N–H and O–H groups in total. The van der Waals surface area contributed by atoms with Crippen LogP contribution in [0.2, 0.25) is 0 Å². The van der Waals surface area contributed by atoms with Crippen LogP contribution in [0.1, 0.15) is 47.7 Å². The quantitative estimate of drug-likeness (QED) is 0.141. The predicted octanol–water partition coefficient (Wildman–Crippen LogP) is 8.78. The standard InChI is InChI=1S/C21H25N5.C20H23N5.2C19H21N5/c1-14-11-18(17-9-7-8-10-23(17)4)24(5)19(12-14)20-13-26-16(3)15(2)22-21(26)25(20)6;1-14-15(2)25-13-19(24(5)20(25)21-14)18-11-8-10-17(23(18)4)16-9-6-7-12-22(16)3;1-14-8-10-21(2)17(12-14)15-6-5-7-16(22(15)3)18-13-24-11-9-20-19(24)23(18)4;1-14-8-9-15(21(2)12-14)16-6-5-7-17(22(16)3)18-13-24-11-10-20-19(24)23(18)4/h7-13H,1-6H3;6-13H,1-5H3;2*5-13H,1-4H3/q4*+2/i;2*1D3;. The van der Waals surface area contributed by atoms with Crippen LogP contribution >= 0.6 is 0 Å². The highest BCUT2D eigenvalue weighted by atomic mass is 15.2. The molecule has 0 saturated heterocycles. The summed E-state index contributed by atoms with van der Waals surface area (Å²) in [5.74, 6) is 3.40. The Morgan fingerprint density at radius 2 is 0.737 bits per heavy atom. The van der Waals surface area contributed by atoms with Crippen LogP contribution in [0.25, 0.3) is 114 Å². The number of pyridine rings is 8. The van der Waals surface area contributed by atoms with Crippen molar-refractivity contribution in [1.82, 2.24) is 55.8 Å². The maximum absolute atomic E-state index is 7.71. The van der Waals surface area contributed by atoms with E-state index in [1.54, 1.807) is 31.5 Å². The largest absolute Gasteiger partial charge is 0.308 e. The lowest BCUT2D eigenvalue weighted by Crippen LogP contribution is -2.40. The number of fused-ring (bicyclic) bond motifs is 4. The van der Waals surface area contributed by atoms with Crippen LogP contribution in [-0.2, 0) is 84.6 Å². The predicted molar refractivity (Wildman–Crippen MR) is 383 cm³/mol. The molecule has 16 heterocycles. The minimum Gasteiger partial charge on any atom is -0.308 e. The molecule has 0 atom stereocenters. The van der Waals surface area contributed by atoms with Crippen LogP contribution in [0.3, 0.4) is 0 Å². The Morgan fingerprint density at radius 1 is 0.333 bits per heavy atom. The maximum Gasteiger partial charge on any atom is 0.277 e. The zero-order chi connectivity index (χ0) is 75.0. The fourth-order valence-electron chi connectivity index (χ4n) is 13.5. The van der Waals surface area contributed by atoms with E-state index in [2.05, 4.69) is 234 Å². The number of nitrogens with zero attached hydrogens (tertiary/aromatic N) is 20. The van der Waals surface area contributed by atoms with Crippen molar-refractivity contribution >= 4 is 23.1 Å². The van der Waals surface area contributed by atoms with Crippen molar-refractivity contribution in [2.75, 3.05) is 0 Å². The van der Waals surface area contributed by atoms with E-state index in [0.29, 0.717) is 17.0 Å². The summed E-state index contributed by atoms with van der Waals surface area (Å²) in [5, 5.41) is 0. The molecule has 0 radical (unpaired) electrons. The smallest absolute Gasteiger partial charge is 0.277 e. The van der Waals surface area contributed by atoms with Crippen LogP contribution in [0.5, 0.6) is 0 Å². The highest BCUT2D eigenvalue weighted by Gasteiger charge is 2.30. The van der Waals surface area contributed by atoms with Crippen molar-refractivity contribution < 1.29 is 44.8 Å². The lowest BCUT2D eigenvalue weighted by atomic mass is 10.1. The Hall–Kier alpha value is -11.8. The van der Waals surface area contributed by atoms with Crippen LogP contribution < -0.4 is 36.5 Å². The molecule has 99 heavy (non-hydrogen) atoms. The first-order valence-corrected chi connectivity index (χ1v) is 32.8. The minimum atomic E-state index is -2.22. The molecule has 0 fully saturated rings. The molecule has 0 unspecified atom stereocenters. The van der Waals surface area contributed by atoms with Gasteiger partial charge in [-0.1, -0.05) is 0 Å². The lowest BCUT2D eigenvalue weighted by Gasteiger charge is -2.07. The van der Waals surface area contributed by atoms with Gasteiger partial charge in [0.05, 0.1) is 11.4 Å². The summed E-state index contributed by atoms with van der Waals surface area (Å²) in [5.41, 5.74) is 23.2. The molecule has 0 spiro atoms. The Balaban J connectivity index is 0.000000124. The average molecular weight is 1330 g/mol. The van der Waals surface area contributed by atoms with Gasteiger partial charge < -0.3 is 18.3 Å². The highest BCUT2D eigenvalue weighted by molar-refractivity contribution is 5.64. The Bertz CT molecular complexity index is 6020. The molecular weight excluding hydrogens is 1230 g/mol. The van der Waals surface area contributed by atoms with Gasteiger partial charge in [0.25, 0.3) is 45.6 Å². The monoisotopic (exact) mass is 1320 g/mol. The van der Waals surface area contributed by atoms with Crippen LogP contribution in [0.4, 0.5) is 0 Å². The number of hydrogen-bond acceptors (Lipinski definition) is 4. The van der Waals surface area contributed by atoms with Gasteiger partial charge in [-0.15, -0.1) is 0 Å². The summed E-state index contributed by atoms with van der Waals surface area (Å²) < 4.78 is 79.6. The molecule has 20 nitrogen and oxygen atoms in total. The zero-order valence-corrected chi connectivity index (χ0v) is 59.5. The second kappa shape index (κ2) is 26.3. The average Bonchev–Trinajstić information content (AvgIpc) is 1.57. The number of imidazole rings is 8. The summed E-state index contributed by atoms with van der Waals surface area (Å²) in [6.07, 6.45) is 23.8. The van der Waals surface area contributed by atoms with E-state index in [9.17, 15) is 0 Å². The van der Waals surface area contributed by atoms with E-state index in [1.165, 1.54) is 45.3 Å². The van der Waals surface area contributed by atoms with Gasteiger partial charge in [-0.2, -0.15) is 36.5 Å². The van der Waals surface area contributed by atoms with Gasteiger partial charge >= 0.3 is 0 Å². The first-order valence-electron chi connectivity index (χ1n) is 35.8. The van der Waals surface area contributed by atoms with Crippen molar-refractivity contribution in [1.29, 1.82) is 0 Å². The van der Waals surface area contributed by atoms with Gasteiger partial charge in [-0.05, 0) is 95.8 Å². The third-order valence-electron chi connectivity index (χ3n) is 19.3. The Labute approximate surface area is 586 Å². The van der Waals surface area contributed by atoms with E-state index in [0.717, 1.165) is 85.7 Å². The van der Waals surface area contributed by atoms with Crippen molar-refractivity contribution in [2.24, 2.45) is 84.6 Å². The van der Waals surface area contributed by atoms with E-state index in [-0.39, 0.29) is 5.69 Å². The molecule has 0 amide bonds. The van der Waals surface area contributed by atoms with Crippen molar-refractivity contribution in [3.63, 3.8) is 0 Å². The lowest BCUT2D eigenvalue weighted by molar-refractivity contribution is -0.685. The molecular formula is C79H90N20+8. The normalized spacial score (nSPS) is 12.5. The first-order chi connectivity index (χ1) is 49.9. The van der Waals surface area contributed by atoms with E-state index < -0.39 is 13.7 Å². The fraction of sp³-hybridized carbons (Fsp3) is 0.241. The van der Waals surface area contributed by atoms with Gasteiger partial charge in [0.15, 0.2) is 24.8 Å². The maximum atomic E-state index is 7.71. The number of rotatable bonds is 8. The second-order valence-corrected chi connectivity index (χ2v) is 25.7.